The van der Waals surface area contributed by atoms with Crippen LogP contribution in [0.1, 0.15) is 63.6 Å². The number of rotatable bonds is 5. The Morgan fingerprint density at radius 2 is 2.00 bits per heavy atom. The number of aryl methyl sites for hydroxylation is 1. The Morgan fingerprint density at radius 1 is 1.22 bits per heavy atom. The predicted molar refractivity (Wildman–Crippen MR) is 78.8 cm³/mol. The maximum Gasteiger partial charge on any atom is 0.0374 e. The van der Waals surface area contributed by atoms with Crippen LogP contribution in [0.5, 0.6) is 0 Å². The van der Waals surface area contributed by atoms with Crippen LogP contribution in [0.3, 0.4) is 0 Å². The minimum atomic E-state index is 0.376. The predicted octanol–water partition coefficient (Wildman–Crippen LogP) is 4.48. The largest absolute Gasteiger partial charge is 0.309 e. The highest BCUT2D eigenvalue weighted by Crippen LogP contribution is 2.43. The number of fused-ring (bicyclic) bond motifs is 1. The zero-order valence-electron chi connectivity index (χ0n) is 12.1. The van der Waals surface area contributed by atoms with Gasteiger partial charge in [-0.2, -0.15) is 0 Å². The molecule has 1 aromatic carbocycles. The van der Waals surface area contributed by atoms with Crippen LogP contribution >= 0.6 is 0 Å². The van der Waals surface area contributed by atoms with Gasteiger partial charge < -0.3 is 5.32 Å². The van der Waals surface area contributed by atoms with Crippen LogP contribution in [0.2, 0.25) is 0 Å². The Balaban J connectivity index is 2.09. The molecule has 0 heterocycles. The summed E-state index contributed by atoms with van der Waals surface area (Å²) in [5.41, 5.74) is 3.45. The molecule has 1 aliphatic rings. The second-order valence-electron chi connectivity index (χ2n) is 6.28. The first kappa shape index (κ1) is 13.6. The third-order valence-electron chi connectivity index (χ3n) is 4.32. The Kier molecular flexibility index (Phi) is 4.45. The summed E-state index contributed by atoms with van der Waals surface area (Å²) in [6.07, 6.45) is 6.45. The van der Waals surface area contributed by atoms with Crippen molar-refractivity contribution in [2.75, 3.05) is 6.54 Å². The van der Waals surface area contributed by atoms with Crippen LogP contribution in [-0.2, 0) is 6.42 Å². The molecule has 0 fully saturated rings. The molecule has 1 unspecified atom stereocenters. The lowest BCUT2D eigenvalue weighted by Gasteiger charge is -2.40. The van der Waals surface area contributed by atoms with Crippen molar-refractivity contribution in [2.45, 2.75) is 58.9 Å². The molecule has 1 aliphatic carbocycles. The molecule has 1 heteroatoms. The number of nitrogens with one attached hydrogen (secondary N) is 1. The molecule has 1 atom stereocenters. The molecule has 0 aromatic heterocycles. The first-order valence-corrected chi connectivity index (χ1v) is 7.46. The van der Waals surface area contributed by atoms with Crippen LogP contribution in [0.15, 0.2) is 24.3 Å². The maximum absolute atomic E-state index is 3.80. The summed E-state index contributed by atoms with van der Waals surface area (Å²) in [7, 11) is 0. The molecule has 1 N–H and O–H groups in total. The highest BCUT2D eigenvalue weighted by atomic mass is 14.9. The van der Waals surface area contributed by atoms with Crippen molar-refractivity contribution in [1.82, 2.24) is 5.32 Å². The van der Waals surface area contributed by atoms with E-state index in [9.17, 15) is 0 Å². The van der Waals surface area contributed by atoms with Gasteiger partial charge in [-0.3, -0.25) is 0 Å². The van der Waals surface area contributed by atoms with Gasteiger partial charge in [-0.15, -0.1) is 0 Å². The zero-order valence-corrected chi connectivity index (χ0v) is 12.1. The van der Waals surface area contributed by atoms with Crippen LogP contribution in [0.4, 0.5) is 0 Å². The van der Waals surface area contributed by atoms with Gasteiger partial charge in [0.05, 0.1) is 0 Å². The average Bonchev–Trinajstić information content (AvgIpc) is 2.36. The Morgan fingerprint density at radius 3 is 2.78 bits per heavy atom. The van der Waals surface area contributed by atoms with E-state index in [1.165, 1.54) is 37.7 Å². The van der Waals surface area contributed by atoms with Crippen LogP contribution in [-0.4, -0.2) is 6.54 Å². The van der Waals surface area contributed by atoms with E-state index in [0.29, 0.717) is 11.5 Å². The topological polar surface area (TPSA) is 12.0 Å². The first-order chi connectivity index (χ1) is 8.65. The molecule has 0 spiro atoms. The fraction of sp³-hybridized carbons (Fsp3) is 0.647. The van der Waals surface area contributed by atoms with Crippen LogP contribution < -0.4 is 5.32 Å². The SMILES string of the molecule is CCCCCNC1c2ccccc2CCC1(C)C. The van der Waals surface area contributed by atoms with E-state index in [1.807, 2.05) is 0 Å². The van der Waals surface area contributed by atoms with E-state index < -0.39 is 0 Å². The molecule has 18 heavy (non-hydrogen) atoms. The van der Waals surface area contributed by atoms with Crippen molar-refractivity contribution in [3.8, 4) is 0 Å². The molecule has 0 saturated carbocycles. The molecule has 0 radical (unpaired) electrons. The van der Waals surface area contributed by atoms with Crippen LogP contribution in [0.25, 0.3) is 0 Å². The highest BCUT2D eigenvalue weighted by molar-refractivity contribution is 5.34. The zero-order chi connectivity index (χ0) is 13.0. The summed E-state index contributed by atoms with van der Waals surface area (Å²) < 4.78 is 0. The fourth-order valence-electron chi connectivity index (χ4n) is 3.07. The monoisotopic (exact) mass is 245 g/mol. The van der Waals surface area contributed by atoms with Crippen molar-refractivity contribution < 1.29 is 0 Å². The van der Waals surface area contributed by atoms with Gasteiger partial charge in [0.25, 0.3) is 0 Å². The normalized spacial score (nSPS) is 21.6. The molecular formula is C17H27N. The van der Waals surface area contributed by atoms with Crippen molar-refractivity contribution in [3.63, 3.8) is 0 Å². The second kappa shape index (κ2) is 5.88. The van der Waals surface area contributed by atoms with E-state index >= 15 is 0 Å². The molecule has 0 aliphatic heterocycles. The van der Waals surface area contributed by atoms with Gasteiger partial charge in [0, 0.05) is 6.04 Å². The molecule has 100 valence electrons. The lowest BCUT2D eigenvalue weighted by molar-refractivity contribution is 0.209. The first-order valence-electron chi connectivity index (χ1n) is 7.46. The van der Waals surface area contributed by atoms with Crippen molar-refractivity contribution in [1.29, 1.82) is 0 Å². The Labute approximate surface area is 112 Å². The summed E-state index contributed by atoms with van der Waals surface area (Å²) in [5, 5.41) is 3.80. The summed E-state index contributed by atoms with van der Waals surface area (Å²) in [4.78, 5) is 0. The van der Waals surface area contributed by atoms with Gasteiger partial charge in [0.1, 0.15) is 0 Å². The van der Waals surface area contributed by atoms with E-state index in [0.717, 1.165) is 6.54 Å². The third kappa shape index (κ3) is 2.95. The third-order valence-corrected chi connectivity index (χ3v) is 4.32. The number of hydrogen-bond acceptors (Lipinski definition) is 1. The summed E-state index contributed by atoms with van der Waals surface area (Å²) >= 11 is 0. The van der Waals surface area contributed by atoms with Crippen LogP contribution in [0, 0.1) is 5.41 Å². The van der Waals surface area contributed by atoms with Gasteiger partial charge in [-0.05, 0) is 42.3 Å². The average molecular weight is 245 g/mol. The fourth-order valence-corrected chi connectivity index (χ4v) is 3.07. The summed E-state index contributed by atoms with van der Waals surface area (Å²) in [5.74, 6) is 0. The second-order valence-corrected chi connectivity index (χ2v) is 6.28. The lowest BCUT2D eigenvalue weighted by atomic mass is 9.70. The van der Waals surface area contributed by atoms with Gasteiger partial charge in [-0.1, -0.05) is 57.9 Å². The Hall–Kier alpha value is -0.820. The number of benzene rings is 1. The van der Waals surface area contributed by atoms with Gasteiger partial charge >= 0.3 is 0 Å². The quantitative estimate of drug-likeness (QED) is 0.754. The summed E-state index contributed by atoms with van der Waals surface area (Å²) in [6.45, 7) is 8.22. The number of hydrogen-bond donors (Lipinski definition) is 1. The van der Waals surface area contributed by atoms with E-state index in [2.05, 4.69) is 50.4 Å². The molecule has 0 saturated heterocycles. The Bertz CT molecular complexity index is 381. The molecule has 0 amide bonds. The maximum atomic E-state index is 3.80. The molecule has 1 nitrogen and oxygen atoms in total. The molecule has 0 bridgehead atoms. The highest BCUT2D eigenvalue weighted by Gasteiger charge is 2.34. The van der Waals surface area contributed by atoms with Gasteiger partial charge in [-0.25, -0.2) is 0 Å². The van der Waals surface area contributed by atoms with E-state index in [4.69, 9.17) is 0 Å². The smallest absolute Gasteiger partial charge is 0.0374 e. The van der Waals surface area contributed by atoms with Gasteiger partial charge in [0.15, 0.2) is 0 Å². The minimum absolute atomic E-state index is 0.376. The molecular weight excluding hydrogens is 218 g/mol. The van der Waals surface area contributed by atoms with E-state index in [1.54, 1.807) is 5.56 Å². The van der Waals surface area contributed by atoms with Crippen molar-refractivity contribution in [3.05, 3.63) is 35.4 Å². The molecule has 1 aromatic rings. The molecule has 2 rings (SSSR count). The van der Waals surface area contributed by atoms with E-state index in [-0.39, 0.29) is 0 Å². The number of unbranched alkanes of at least 4 members (excludes halogenated alkanes) is 2. The van der Waals surface area contributed by atoms with Crippen molar-refractivity contribution >= 4 is 0 Å². The van der Waals surface area contributed by atoms with Gasteiger partial charge in [0.2, 0.25) is 0 Å². The van der Waals surface area contributed by atoms with Crippen molar-refractivity contribution in [2.24, 2.45) is 5.41 Å². The lowest BCUT2D eigenvalue weighted by Crippen LogP contribution is -2.38. The minimum Gasteiger partial charge on any atom is -0.309 e. The summed E-state index contributed by atoms with van der Waals surface area (Å²) in [6, 6.07) is 9.49. The standard InChI is InChI=1S/C17H27N/c1-4-5-8-13-18-16-15-10-7-6-9-14(15)11-12-17(16,2)3/h6-7,9-10,16,18H,4-5,8,11-13H2,1-3H3.